The van der Waals surface area contributed by atoms with Crippen LogP contribution in [-0.2, 0) is 9.53 Å². The molecule has 0 saturated carbocycles. The fourth-order valence-electron chi connectivity index (χ4n) is 1.40. The van der Waals surface area contributed by atoms with Crippen LogP contribution < -0.4 is 16.4 Å². The summed E-state index contributed by atoms with van der Waals surface area (Å²) in [5, 5.41) is 5.51. The minimum absolute atomic E-state index is 0.0466. The maximum atomic E-state index is 13.1. The standard InChI is InChI=1S/C12H16FN3O2S/c1-18-5-4-15-11(17)7-16-10-3-2-8(13)6-9(10)12(14)19/h2-3,6,16H,4-5,7H2,1H3,(H2,14,19)(H,15,17). The van der Waals surface area contributed by atoms with Crippen molar-refractivity contribution in [2.75, 3.05) is 32.1 Å². The van der Waals surface area contributed by atoms with Crippen molar-refractivity contribution in [1.82, 2.24) is 5.32 Å². The molecule has 4 N–H and O–H groups in total. The maximum Gasteiger partial charge on any atom is 0.239 e. The normalized spacial score (nSPS) is 10.0. The zero-order valence-electron chi connectivity index (χ0n) is 10.5. The number of anilines is 1. The fraction of sp³-hybridized carbons (Fsp3) is 0.333. The van der Waals surface area contributed by atoms with Gasteiger partial charge >= 0.3 is 0 Å². The molecule has 1 aromatic carbocycles. The summed E-state index contributed by atoms with van der Waals surface area (Å²) in [6.07, 6.45) is 0. The number of methoxy groups -OCH3 is 1. The average Bonchev–Trinajstić information content (AvgIpc) is 2.37. The summed E-state index contributed by atoms with van der Waals surface area (Å²) < 4.78 is 17.9. The van der Waals surface area contributed by atoms with E-state index in [-0.39, 0.29) is 17.4 Å². The molecule has 5 nitrogen and oxygen atoms in total. The van der Waals surface area contributed by atoms with E-state index in [1.807, 2.05) is 0 Å². The molecule has 0 aliphatic heterocycles. The molecule has 0 heterocycles. The summed E-state index contributed by atoms with van der Waals surface area (Å²) in [5.41, 5.74) is 6.39. The Morgan fingerprint density at radius 2 is 2.26 bits per heavy atom. The van der Waals surface area contributed by atoms with Crippen molar-refractivity contribution in [3.8, 4) is 0 Å². The van der Waals surface area contributed by atoms with Crippen LogP contribution in [0.5, 0.6) is 0 Å². The third-order valence-electron chi connectivity index (χ3n) is 2.31. The number of rotatable bonds is 7. The van der Waals surface area contributed by atoms with Crippen molar-refractivity contribution in [1.29, 1.82) is 0 Å². The van der Waals surface area contributed by atoms with Crippen LogP contribution in [0.3, 0.4) is 0 Å². The second-order valence-electron chi connectivity index (χ2n) is 3.75. The van der Waals surface area contributed by atoms with E-state index < -0.39 is 5.82 Å². The van der Waals surface area contributed by atoms with Crippen molar-refractivity contribution in [2.24, 2.45) is 5.73 Å². The molecular formula is C12H16FN3O2S. The quantitative estimate of drug-likeness (QED) is 0.506. The Hall–Kier alpha value is -1.73. The number of hydrogen-bond acceptors (Lipinski definition) is 4. The van der Waals surface area contributed by atoms with E-state index in [4.69, 9.17) is 22.7 Å². The van der Waals surface area contributed by atoms with Gasteiger partial charge in [0.1, 0.15) is 10.8 Å². The van der Waals surface area contributed by atoms with Crippen LogP contribution in [0.25, 0.3) is 0 Å². The Kier molecular flexibility index (Phi) is 6.17. The summed E-state index contributed by atoms with van der Waals surface area (Å²) in [5.74, 6) is -0.631. The zero-order chi connectivity index (χ0) is 14.3. The van der Waals surface area contributed by atoms with Gasteiger partial charge in [-0.2, -0.15) is 0 Å². The van der Waals surface area contributed by atoms with Crippen LogP contribution in [0.1, 0.15) is 5.56 Å². The molecule has 0 spiro atoms. The van der Waals surface area contributed by atoms with Gasteiger partial charge in [-0.3, -0.25) is 4.79 Å². The van der Waals surface area contributed by atoms with E-state index in [0.717, 1.165) is 0 Å². The van der Waals surface area contributed by atoms with Crippen molar-refractivity contribution >= 4 is 28.8 Å². The lowest BCUT2D eigenvalue weighted by Crippen LogP contribution is -2.32. The molecule has 19 heavy (non-hydrogen) atoms. The van der Waals surface area contributed by atoms with E-state index in [9.17, 15) is 9.18 Å². The SMILES string of the molecule is COCCNC(=O)CNc1ccc(F)cc1C(N)=S. The highest BCUT2D eigenvalue weighted by Crippen LogP contribution is 2.16. The number of amides is 1. The molecule has 0 aliphatic carbocycles. The molecule has 0 bridgehead atoms. The first kappa shape index (κ1) is 15.3. The minimum atomic E-state index is -0.433. The smallest absolute Gasteiger partial charge is 0.239 e. The molecule has 0 aromatic heterocycles. The van der Waals surface area contributed by atoms with Gasteiger partial charge in [0.05, 0.1) is 13.2 Å². The molecule has 104 valence electrons. The van der Waals surface area contributed by atoms with Gasteiger partial charge in [0.25, 0.3) is 0 Å². The summed E-state index contributed by atoms with van der Waals surface area (Å²) in [6.45, 7) is 0.925. The Morgan fingerprint density at radius 1 is 1.53 bits per heavy atom. The first-order chi connectivity index (χ1) is 9.04. The highest BCUT2D eigenvalue weighted by Gasteiger charge is 2.08. The van der Waals surface area contributed by atoms with E-state index >= 15 is 0 Å². The number of nitrogens with two attached hydrogens (primary N) is 1. The number of halogens is 1. The molecule has 0 unspecified atom stereocenters. The topological polar surface area (TPSA) is 76.4 Å². The van der Waals surface area contributed by atoms with Gasteiger partial charge in [0.2, 0.25) is 5.91 Å². The van der Waals surface area contributed by atoms with Crippen LogP contribution >= 0.6 is 12.2 Å². The van der Waals surface area contributed by atoms with Gasteiger partial charge in [-0.05, 0) is 18.2 Å². The van der Waals surface area contributed by atoms with Crippen molar-refractivity contribution in [3.05, 3.63) is 29.6 Å². The molecule has 1 amide bonds. The molecule has 1 rings (SSSR count). The van der Waals surface area contributed by atoms with Crippen LogP contribution in [-0.4, -0.2) is 37.7 Å². The molecular weight excluding hydrogens is 269 g/mol. The van der Waals surface area contributed by atoms with Gasteiger partial charge in [-0.15, -0.1) is 0 Å². The Bertz CT molecular complexity index is 468. The van der Waals surface area contributed by atoms with Crippen molar-refractivity contribution in [2.45, 2.75) is 0 Å². The van der Waals surface area contributed by atoms with Gasteiger partial charge < -0.3 is 21.1 Å². The number of ether oxygens (including phenoxy) is 1. The summed E-state index contributed by atoms with van der Waals surface area (Å²) in [4.78, 5) is 11.5. The molecule has 1 aromatic rings. The van der Waals surface area contributed by atoms with E-state index in [0.29, 0.717) is 24.4 Å². The monoisotopic (exact) mass is 285 g/mol. The number of carbonyl (C=O) groups is 1. The van der Waals surface area contributed by atoms with E-state index in [1.54, 1.807) is 7.11 Å². The molecule has 7 heteroatoms. The second kappa shape index (κ2) is 7.65. The van der Waals surface area contributed by atoms with Crippen LogP contribution in [0.4, 0.5) is 10.1 Å². The van der Waals surface area contributed by atoms with Gasteiger partial charge in [0.15, 0.2) is 0 Å². The highest BCUT2D eigenvalue weighted by atomic mass is 32.1. The zero-order valence-corrected chi connectivity index (χ0v) is 11.3. The van der Waals surface area contributed by atoms with Gasteiger partial charge in [-0.25, -0.2) is 4.39 Å². The molecule has 0 fully saturated rings. The molecule has 0 atom stereocenters. The molecule has 0 saturated heterocycles. The number of carbonyl (C=O) groups excluding carboxylic acids is 1. The predicted octanol–water partition coefficient (Wildman–Crippen LogP) is 0.634. The molecule has 0 aliphatic rings. The highest BCUT2D eigenvalue weighted by molar-refractivity contribution is 7.80. The summed E-state index contributed by atoms with van der Waals surface area (Å²) in [6, 6.07) is 3.99. The predicted molar refractivity (Wildman–Crippen MR) is 75.7 cm³/mol. The Labute approximate surface area is 116 Å². The van der Waals surface area contributed by atoms with E-state index in [2.05, 4.69) is 10.6 Å². The third kappa shape index (κ3) is 5.19. The number of nitrogens with one attached hydrogen (secondary N) is 2. The summed E-state index contributed by atoms with van der Waals surface area (Å²) >= 11 is 4.83. The largest absolute Gasteiger partial charge is 0.389 e. The summed E-state index contributed by atoms with van der Waals surface area (Å²) in [7, 11) is 1.55. The second-order valence-corrected chi connectivity index (χ2v) is 4.19. The third-order valence-corrected chi connectivity index (χ3v) is 2.53. The Morgan fingerprint density at radius 3 is 2.89 bits per heavy atom. The number of thiocarbonyl (C=S) groups is 1. The van der Waals surface area contributed by atoms with Gasteiger partial charge in [0, 0.05) is 24.9 Å². The number of benzene rings is 1. The number of hydrogen-bond donors (Lipinski definition) is 3. The first-order valence-corrected chi connectivity index (χ1v) is 6.04. The van der Waals surface area contributed by atoms with Crippen LogP contribution in [0.2, 0.25) is 0 Å². The lowest BCUT2D eigenvalue weighted by atomic mass is 10.1. The van der Waals surface area contributed by atoms with Crippen LogP contribution in [0, 0.1) is 5.82 Å². The lowest BCUT2D eigenvalue weighted by Gasteiger charge is -2.11. The van der Waals surface area contributed by atoms with E-state index in [1.165, 1.54) is 18.2 Å². The Balaban J connectivity index is 2.57. The minimum Gasteiger partial charge on any atom is -0.389 e. The van der Waals surface area contributed by atoms with Gasteiger partial charge in [-0.1, -0.05) is 12.2 Å². The van der Waals surface area contributed by atoms with Crippen molar-refractivity contribution < 1.29 is 13.9 Å². The average molecular weight is 285 g/mol. The molecule has 0 radical (unpaired) electrons. The maximum absolute atomic E-state index is 13.1. The fourth-order valence-corrected chi connectivity index (χ4v) is 1.57. The lowest BCUT2D eigenvalue weighted by molar-refractivity contribution is -0.119. The first-order valence-electron chi connectivity index (χ1n) is 5.63. The van der Waals surface area contributed by atoms with Crippen LogP contribution in [0.15, 0.2) is 18.2 Å². The van der Waals surface area contributed by atoms with Crippen molar-refractivity contribution in [3.63, 3.8) is 0 Å².